The molecule has 1 aliphatic rings. The summed E-state index contributed by atoms with van der Waals surface area (Å²) in [7, 11) is 1.72. The minimum atomic E-state index is 0.428. The maximum Gasteiger partial charge on any atom is 0.103 e. The maximum absolute atomic E-state index is 5.03. The molecule has 0 unspecified atom stereocenters. The Hall–Kier alpha value is -2.11. The fourth-order valence-corrected chi connectivity index (χ4v) is 2.55. The summed E-state index contributed by atoms with van der Waals surface area (Å²) in [6.45, 7) is 3.35. The van der Waals surface area contributed by atoms with Crippen molar-refractivity contribution in [1.82, 2.24) is 10.9 Å². The van der Waals surface area contributed by atoms with Gasteiger partial charge < -0.3 is 16.5 Å². The molecule has 0 bridgehead atoms. The van der Waals surface area contributed by atoms with Crippen LogP contribution in [0, 0.1) is 0 Å². The molecule has 0 aliphatic heterocycles. The van der Waals surface area contributed by atoms with Gasteiger partial charge in [-0.15, -0.1) is 0 Å². The van der Waals surface area contributed by atoms with Gasteiger partial charge in [0.05, 0.1) is 5.49 Å². The molecule has 3 rings (SSSR count). The lowest BCUT2D eigenvalue weighted by atomic mass is 10.00. The van der Waals surface area contributed by atoms with Gasteiger partial charge in [0.1, 0.15) is 5.82 Å². The molecule has 22 heavy (non-hydrogen) atoms. The second-order valence-corrected chi connectivity index (χ2v) is 5.42. The van der Waals surface area contributed by atoms with Crippen molar-refractivity contribution < 1.29 is 0 Å². The molecule has 0 radical (unpaired) electrons. The molecule has 1 aliphatic carbocycles. The molecule has 4 nitrogen and oxygen atoms in total. The molecule has 116 valence electrons. The summed E-state index contributed by atoms with van der Waals surface area (Å²) >= 11 is 4.86. The third-order valence-corrected chi connectivity index (χ3v) is 3.59. The van der Waals surface area contributed by atoms with E-state index in [1.54, 1.807) is 12.5 Å². The van der Waals surface area contributed by atoms with Gasteiger partial charge in [0, 0.05) is 18.1 Å². The highest BCUT2D eigenvalue weighted by atomic mass is 32.1. The van der Waals surface area contributed by atoms with E-state index < -0.39 is 0 Å². The molecule has 2 aromatic rings. The number of fused-ring (bicyclic) bond motifs is 1. The highest BCUT2D eigenvalue weighted by Crippen LogP contribution is 2.44. The molecular weight excluding hydrogens is 292 g/mol. The van der Waals surface area contributed by atoms with Crippen LogP contribution in [0.5, 0.6) is 0 Å². The summed E-state index contributed by atoms with van der Waals surface area (Å²) < 4.78 is 0. The highest BCUT2D eigenvalue weighted by molar-refractivity contribution is 7.79. The predicted molar refractivity (Wildman–Crippen MR) is 98.7 cm³/mol. The van der Waals surface area contributed by atoms with Gasteiger partial charge in [0.15, 0.2) is 0 Å². The third-order valence-electron chi connectivity index (χ3n) is 3.47. The molecule has 0 aromatic heterocycles. The van der Waals surface area contributed by atoms with E-state index in [9.17, 15) is 0 Å². The Morgan fingerprint density at radius 3 is 2.41 bits per heavy atom. The van der Waals surface area contributed by atoms with Crippen LogP contribution >= 0.6 is 12.2 Å². The summed E-state index contributed by atoms with van der Waals surface area (Å²) in [6, 6.07) is 12.9. The number of rotatable bonds is 5. The quantitative estimate of drug-likeness (QED) is 0.504. The van der Waals surface area contributed by atoms with Crippen molar-refractivity contribution in [2.75, 3.05) is 12.4 Å². The van der Waals surface area contributed by atoms with Gasteiger partial charge in [-0.1, -0.05) is 49.1 Å². The van der Waals surface area contributed by atoms with E-state index in [-0.39, 0.29) is 0 Å². The van der Waals surface area contributed by atoms with E-state index in [1.165, 1.54) is 29.2 Å². The van der Waals surface area contributed by atoms with Gasteiger partial charge in [0.2, 0.25) is 0 Å². The summed E-state index contributed by atoms with van der Waals surface area (Å²) in [6.07, 6.45) is 2.67. The summed E-state index contributed by atoms with van der Waals surface area (Å²) in [5.41, 5.74) is 14.3. The standard InChI is InChI=1S/C14H13NS.C3H9N3/c16-9-15-14-8-7-11(10-5-6-10)12-3-1-2-4-13(12)14;1-3(4)6-5-2/h1-4,7-10H,5-6H2,(H,15,16);5-6H,1,4H2,2H3. The van der Waals surface area contributed by atoms with Crippen LogP contribution in [0.1, 0.15) is 24.3 Å². The fourth-order valence-electron chi connectivity index (χ4n) is 2.42. The molecule has 1 fully saturated rings. The molecule has 0 amide bonds. The Bertz CT molecular complexity index is 665. The molecule has 0 heterocycles. The fraction of sp³-hybridized carbons (Fsp3) is 0.235. The first-order chi connectivity index (χ1) is 10.7. The van der Waals surface area contributed by atoms with Gasteiger partial charge in [-0.2, -0.15) is 0 Å². The monoisotopic (exact) mass is 314 g/mol. The Labute approximate surface area is 136 Å². The van der Waals surface area contributed by atoms with Crippen molar-refractivity contribution >= 4 is 34.2 Å². The number of nitrogens with one attached hydrogen (secondary N) is 3. The Morgan fingerprint density at radius 1 is 1.23 bits per heavy atom. The lowest BCUT2D eigenvalue weighted by molar-refractivity contribution is 0.684. The predicted octanol–water partition coefficient (Wildman–Crippen LogP) is 3.23. The van der Waals surface area contributed by atoms with E-state index in [2.05, 4.69) is 59.1 Å². The second-order valence-electron chi connectivity index (χ2n) is 5.18. The zero-order chi connectivity index (χ0) is 15.9. The Kier molecular flexibility index (Phi) is 5.75. The molecule has 5 heteroatoms. The number of hydrazine groups is 1. The Morgan fingerprint density at radius 2 is 1.91 bits per heavy atom. The van der Waals surface area contributed by atoms with Gasteiger partial charge in [-0.05, 0) is 35.8 Å². The number of anilines is 1. The number of hydrogen-bond donors (Lipinski definition) is 4. The van der Waals surface area contributed by atoms with E-state index >= 15 is 0 Å². The van der Waals surface area contributed by atoms with Crippen LogP contribution in [0.15, 0.2) is 48.8 Å². The number of thiocarbonyl (C=S) groups is 1. The first kappa shape index (κ1) is 16.3. The van der Waals surface area contributed by atoms with Crippen molar-refractivity contribution in [2.45, 2.75) is 18.8 Å². The minimum Gasteiger partial charge on any atom is -0.385 e. The van der Waals surface area contributed by atoms with Crippen LogP contribution in [0.3, 0.4) is 0 Å². The lowest BCUT2D eigenvalue weighted by Gasteiger charge is -2.10. The lowest BCUT2D eigenvalue weighted by Crippen LogP contribution is -2.29. The first-order valence-electron chi connectivity index (χ1n) is 7.26. The summed E-state index contributed by atoms with van der Waals surface area (Å²) in [5.74, 6) is 1.21. The minimum absolute atomic E-state index is 0.428. The zero-order valence-corrected chi connectivity index (χ0v) is 13.5. The van der Waals surface area contributed by atoms with E-state index in [4.69, 9.17) is 18.0 Å². The molecule has 0 saturated heterocycles. The van der Waals surface area contributed by atoms with Crippen LogP contribution in [0.4, 0.5) is 5.69 Å². The van der Waals surface area contributed by atoms with Crippen molar-refractivity contribution in [3.05, 3.63) is 54.4 Å². The van der Waals surface area contributed by atoms with Gasteiger partial charge >= 0.3 is 0 Å². The van der Waals surface area contributed by atoms with E-state index in [0.29, 0.717) is 5.82 Å². The van der Waals surface area contributed by atoms with Crippen molar-refractivity contribution in [3.63, 3.8) is 0 Å². The van der Waals surface area contributed by atoms with Crippen LogP contribution in [-0.4, -0.2) is 12.5 Å². The average Bonchev–Trinajstić information content (AvgIpc) is 3.33. The molecule has 5 N–H and O–H groups in total. The van der Waals surface area contributed by atoms with Gasteiger partial charge in [-0.3, -0.25) is 0 Å². The van der Waals surface area contributed by atoms with Gasteiger partial charge in [-0.25, -0.2) is 5.43 Å². The molecule has 1 saturated carbocycles. The van der Waals surface area contributed by atoms with E-state index in [1.807, 2.05) is 0 Å². The normalized spacial score (nSPS) is 13.0. The smallest absolute Gasteiger partial charge is 0.103 e. The first-order valence-corrected chi connectivity index (χ1v) is 7.73. The highest BCUT2D eigenvalue weighted by Gasteiger charge is 2.25. The topological polar surface area (TPSA) is 62.1 Å². The van der Waals surface area contributed by atoms with Crippen LogP contribution in [0.25, 0.3) is 10.8 Å². The molecule has 2 aromatic carbocycles. The van der Waals surface area contributed by atoms with Crippen LogP contribution in [-0.2, 0) is 0 Å². The van der Waals surface area contributed by atoms with Gasteiger partial charge in [0.25, 0.3) is 0 Å². The summed E-state index contributed by atoms with van der Waals surface area (Å²) in [5, 5.41) is 5.77. The van der Waals surface area contributed by atoms with Crippen molar-refractivity contribution in [3.8, 4) is 0 Å². The maximum atomic E-state index is 5.03. The summed E-state index contributed by atoms with van der Waals surface area (Å²) in [4.78, 5) is 0. The van der Waals surface area contributed by atoms with Crippen LogP contribution in [0.2, 0.25) is 0 Å². The SMILES string of the molecule is C=C(N)NNC.S=CNc1ccc(C2CC2)c2ccccc12. The van der Waals surface area contributed by atoms with Crippen LogP contribution < -0.4 is 21.9 Å². The average molecular weight is 314 g/mol. The van der Waals surface area contributed by atoms with Crippen molar-refractivity contribution in [2.24, 2.45) is 5.73 Å². The molecule has 0 atom stereocenters. The third kappa shape index (κ3) is 4.19. The second kappa shape index (κ2) is 7.77. The van der Waals surface area contributed by atoms with Crippen molar-refractivity contribution in [1.29, 1.82) is 0 Å². The largest absolute Gasteiger partial charge is 0.385 e. The van der Waals surface area contributed by atoms with E-state index in [0.717, 1.165) is 11.6 Å². The Balaban J connectivity index is 0.000000254. The molecular formula is C17H22N4S. The number of benzene rings is 2. The zero-order valence-electron chi connectivity index (χ0n) is 12.7. The number of nitrogens with two attached hydrogens (primary N) is 1. The molecule has 0 spiro atoms. The number of hydrogen-bond acceptors (Lipinski definition) is 4.